The summed E-state index contributed by atoms with van der Waals surface area (Å²) < 4.78 is 52.6. The largest absolute Gasteiger partial charge is 0.497 e. The van der Waals surface area contributed by atoms with E-state index in [2.05, 4.69) is 10.0 Å². The van der Waals surface area contributed by atoms with Crippen LogP contribution in [0.3, 0.4) is 0 Å². The predicted molar refractivity (Wildman–Crippen MR) is 115 cm³/mol. The van der Waals surface area contributed by atoms with Crippen LogP contribution in [-0.4, -0.2) is 57.9 Å². The van der Waals surface area contributed by atoms with Crippen molar-refractivity contribution in [2.45, 2.75) is 42.4 Å². The van der Waals surface area contributed by atoms with Gasteiger partial charge in [-0.05, 0) is 55.7 Å². The van der Waals surface area contributed by atoms with Crippen LogP contribution in [0.15, 0.2) is 53.4 Å². The van der Waals surface area contributed by atoms with E-state index in [9.17, 15) is 22.7 Å². The molecular weight excluding hydrogens is 439 g/mol. The molecule has 3 rings (SSSR count). The first-order valence-electron chi connectivity index (χ1n) is 10.3. The molecule has 3 atom stereocenters. The number of carbonyl (C=O) groups excluding carboxylic acids is 1. The fraction of sp³-hybridized carbons (Fsp3) is 0.409. The van der Waals surface area contributed by atoms with Crippen LogP contribution >= 0.6 is 0 Å². The van der Waals surface area contributed by atoms with E-state index in [4.69, 9.17) is 9.47 Å². The summed E-state index contributed by atoms with van der Waals surface area (Å²) in [6.45, 7) is -0.0912. The van der Waals surface area contributed by atoms with Crippen LogP contribution in [-0.2, 0) is 14.8 Å². The van der Waals surface area contributed by atoms with Gasteiger partial charge in [0.2, 0.25) is 10.0 Å². The smallest absolute Gasteiger partial charge is 0.254 e. The normalized spacial score (nSPS) is 21.2. The second kappa shape index (κ2) is 10.9. The van der Waals surface area contributed by atoms with Gasteiger partial charge in [-0.2, -0.15) is 0 Å². The molecule has 0 unspecified atom stereocenters. The first-order chi connectivity index (χ1) is 15.3. The van der Waals surface area contributed by atoms with Crippen molar-refractivity contribution >= 4 is 15.9 Å². The average molecular weight is 467 g/mol. The Kier molecular flexibility index (Phi) is 8.19. The lowest BCUT2D eigenvalue weighted by Gasteiger charge is -2.36. The van der Waals surface area contributed by atoms with Crippen LogP contribution < -0.4 is 14.8 Å². The van der Waals surface area contributed by atoms with Gasteiger partial charge in [-0.1, -0.05) is 12.1 Å². The van der Waals surface area contributed by atoms with Crippen molar-refractivity contribution in [3.8, 4) is 5.75 Å². The molecule has 0 saturated carbocycles. The maximum absolute atomic E-state index is 13.7. The van der Waals surface area contributed by atoms with Crippen LogP contribution in [0.25, 0.3) is 0 Å². The summed E-state index contributed by atoms with van der Waals surface area (Å²) in [7, 11) is -2.30. The Morgan fingerprint density at radius 1 is 1.19 bits per heavy atom. The zero-order valence-corrected chi connectivity index (χ0v) is 18.5. The van der Waals surface area contributed by atoms with Crippen LogP contribution in [0.4, 0.5) is 4.39 Å². The lowest BCUT2D eigenvalue weighted by molar-refractivity contribution is -0.0871. The molecule has 1 fully saturated rings. The van der Waals surface area contributed by atoms with Crippen molar-refractivity contribution in [3.63, 3.8) is 0 Å². The van der Waals surface area contributed by atoms with Gasteiger partial charge < -0.3 is 19.9 Å². The topological polar surface area (TPSA) is 114 Å². The van der Waals surface area contributed by atoms with Crippen molar-refractivity contribution in [1.29, 1.82) is 0 Å². The summed E-state index contributed by atoms with van der Waals surface area (Å²) in [5, 5.41) is 12.4. The number of aliphatic hydroxyl groups excluding tert-OH is 1. The maximum Gasteiger partial charge on any atom is 0.254 e. The molecule has 32 heavy (non-hydrogen) atoms. The Bertz CT molecular complexity index is 1020. The molecule has 0 spiro atoms. The minimum absolute atomic E-state index is 0.0294. The SMILES string of the molecule is COc1ccc(S(=O)(=O)N[C@H]2CC[C@@H](CCNC(=O)c3ccccc3F)O[C@@H]2CO)cc1. The van der Waals surface area contributed by atoms with Crippen molar-refractivity contribution in [2.75, 3.05) is 20.3 Å². The highest BCUT2D eigenvalue weighted by Crippen LogP contribution is 2.24. The quantitative estimate of drug-likeness (QED) is 0.520. The Morgan fingerprint density at radius 3 is 2.56 bits per heavy atom. The number of benzene rings is 2. The summed E-state index contributed by atoms with van der Waals surface area (Å²) >= 11 is 0. The number of methoxy groups -OCH3 is 1. The molecule has 2 aromatic rings. The number of amides is 1. The number of nitrogens with one attached hydrogen (secondary N) is 2. The van der Waals surface area contributed by atoms with E-state index in [1.807, 2.05) is 0 Å². The van der Waals surface area contributed by atoms with E-state index in [0.717, 1.165) is 0 Å². The second-order valence-corrected chi connectivity index (χ2v) is 9.20. The monoisotopic (exact) mass is 466 g/mol. The molecule has 1 aliphatic rings. The number of sulfonamides is 1. The molecular formula is C22H27FN2O6S. The Balaban J connectivity index is 1.52. The molecule has 1 aliphatic heterocycles. The second-order valence-electron chi connectivity index (χ2n) is 7.48. The summed E-state index contributed by atoms with van der Waals surface area (Å²) in [5.74, 6) is -0.558. The Labute approximate surface area is 186 Å². The van der Waals surface area contributed by atoms with E-state index in [-0.39, 0.29) is 29.7 Å². The zero-order chi connectivity index (χ0) is 23.1. The van der Waals surface area contributed by atoms with Gasteiger partial charge in [0.1, 0.15) is 11.6 Å². The van der Waals surface area contributed by atoms with Crippen molar-refractivity contribution in [3.05, 3.63) is 59.9 Å². The summed E-state index contributed by atoms with van der Waals surface area (Å²) in [6, 6.07) is 11.1. The van der Waals surface area contributed by atoms with Crippen LogP contribution in [0.1, 0.15) is 29.6 Å². The number of ether oxygens (including phenoxy) is 2. The van der Waals surface area contributed by atoms with Crippen molar-refractivity contribution in [2.24, 2.45) is 0 Å². The van der Waals surface area contributed by atoms with Gasteiger partial charge in [0.25, 0.3) is 5.91 Å². The zero-order valence-electron chi connectivity index (χ0n) is 17.7. The van der Waals surface area contributed by atoms with Crippen molar-refractivity contribution in [1.82, 2.24) is 10.0 Å². The fourth-order valence-electron chi connectivity index (χ4n) is 3.59. The molecule has 1 heterocycles. The van der Waals surface area contributed by atoms with E-state index in [1.165, 1.54) is 37.4 Å². The van der Waals surface area contributed by atoms with Crippen molar-refractivity contribution < 1.29 is 32.2 Å². The van der Waals surface area contributed by atoms with Gasteiger partial charge >= 0.3 is 0 Å². The van der Waals surface area contributed by atoms with Crippen LogP contribution in [0.2, 0.25) is 0 Å². The molecule has 0 aromatic heterocycles. The highest BCUT2D eigenvalue weighted by atomic mass is 32.2. The molecule has 0 aliphatic carbocycles. The van der Waals surface area contributed by atoms with Gasteiger partial charge in [-0.25, -0.2) is 17.5 Å². The minimum atomic E-state index is -3.80. The van der Waals surface area contributed by atoms with Gasteiger partial charge in [0.05, 0.1) is 42.4 Å². The number of hydrogen-bond donors (Lipinski definition) is 3. The molecule has 8 nitrogen and oxygen atoms in total. The molecule has 0 radical (unpaired) electrons. The third-order valence-electron chi connectivity index (χ3n) is 5.34. The first-order valence-corrected chi connectivity index (χ1v) is 11.8. The highest BCUT2D eigenvalue weighted by Gasteiger charge is 2.34. The Hall–Kier alpha value is -2.53. The summed E-state index contributed by atoms with van der Waals surface area (Å²) in [5.41, 5.74) is -0.0294. The van der Waals surface area contributed by atoms with E-state index < -0.39 is 33.9 Å². The van der Waals surface area contributed by atoms with Crippen LogP contribution in [0.5, 0.6) is 5.75 Å². The number of rotatable bonds is 9. The predicted octanol–water partition coefficient (Wildman–Crippen LogP) is 1.84. The van der Waals surface area contributed by atoms with Gasteiger partial charge in [-0.3, -0.25) is 4.79 Å². The number of carbonyl (C=O) groups is 1. The molecule has 3 N–H and O–H groups in total. The average Bonchev–Trinajstić information content (AvgIpc) is 2.80. The number of halogens is 1. The number of hydrogen-bond acceptors (Lipinski definition) is 6. The van der Waals surface area contributed by atoms with E-state index in [1.54, 1.807) is 18.2 Å². The molecule has 1 saturated heterocycles. The first kappa shape index (κ1) is 24.1. The number of aliphatic hydroxyl groups is 1. The third kappa shape index (κ3) is 6.04. The lowest BCUT2D eigenvalue weighted by atomic mass is 9.98. The highest BCUT2D eigenvalue weighted by molar-refractivity contribution is 7.89. The standard InChI is InChI=1S/C22H27FN2O6S/c1-30-15-6-9-17(10-7-15)32(28,29)25-20-11-8-16(31-21(20)14-26)12-13-24-22(27)18-4-2-3-5-19(18)23/h2-7,9-10,16,20-21,25-26H,8,11-14H2,1H3,(H,24,27)/t16-,20-,21+/m0/s1. The van der Waals surface area contributed by atoms with Crippen LogP contribution in [0, 0.1) is 5.82 Å². The van der Waals surface area contributed by atoms with Gasteiger partial charge in [0, 0.05) is 6.54 Å². The van der Waals surface area contributed by atoms with E-state index in [0.29, 0.717) is 25.0 Å². The van der Waals surface area contributed by atoms with E-state index >= 15 is 0 Å². The lowest BCUT2D eigenvalue weighted by Crippen LogP contribution is -2.51. The van der Waals surface area contributed by atoms with Gasteiger partial charge in [-0.15, -0.1) is 0 Å². The molecule has 0 bridgehead atoms. The fourth-order valence-corrected chi connectivity index (χ4v) is 4.89. The molecule has 174 valence electrons. The summed E-state index contributed by atoms with van der Waals surface area (Å²) in [4.78, 5) is 12.2. The van der Waals surface area contributed by atoms with Gasteiger partial charge in [0.15, 0.2) is 0 Å². The maximum atomic E-state index is 13.7. The minimum Gasteiger partial charge on any atom is -0.497 e. The third-order valence-corrected chi connectivity index (χ3v) is 6.85. The molecule has 10 heteroatoms. The summed E-state index contributed by atoms with van der Waals surface area (Å²) in [6.07, 6.45) is 0.474. The molecule has 1 amide bonds. The molecule has 2 aromatic carbocycles. The Morgan fingerprint density at radius 2 is 1.91 bits per heavy atom.